The third kappa shape index (κ3) is 9.21. The van der Waals surface area contributed by atoms with Crippen molar-refractivity contribution in [2.24, 2.45) is 0 Å². The van der Waals surface area contributed by atoms with Crippen molar-refractivity contribution in [3.05, 3.63) is 34.1 Å². The van der Waals surface area contributed by atoms with Crippen LogP contribution in [0.1, 0.15) is 89.4 Å². The zero-order valence-corrected chi connectivity index (χ0v) is 22.2. The highest BCUT2D eigenvalue weighted by atomic mass is 16.5. The summed E-state index contributed by atoms with van der Waals surface area (Å²) in [6, 6.07) is 3.49. The topological polar surface area (TPSA) is 83.7 Å². The summed E-state index contributed by atoms with van der Waals surface area (Å²) in [5, 5.41) is 3.29. The minimum Gasteiger partial charge on any atom is -0.490 e. The van der Waals surface area contributed by atoms with Crippen molar-refractivity contribution in [3.63, 3.8) is 0 Å². The minimum absolute atomic E-state index is 0.107. The molecule has 2 aromatic rings. The van der Waals surface area contributed by atoms with Gasteiger partial charge in [0.1, 0.15) is 5.56 Å². The SMILES string of the molecule is CCCCCCCCCCOc1cc2c(=O)c(C(=O)NCCN(CC)CC)c[nH]c2cc1OCC. The van der Waals surface area contributed by atoms with E-state index in [1.54, 1.807) is 12.1 Å². The van der Waals surface area contributed by atoms with E-state index in [0.29, 0.717) is 42.2 Å². The number of amides is 1. The van der Waals surface area contributed by atoms with Gasteiger partial charge in [-0.3, -0.25) is 9.59 Å². The molecule has 2 rings (SSSR count). The maximum Gasteiger partial charge on any atom is 0.256 e. The van der Waals surface area contributed by atoms with E-state index in [0.717, 1.165) is 32.5 Å². The molecule has 0 aliphatic carbocycles. The molecule has 0 bridgehead atoms. The van der Waals surface area contributed by atoms with E-state index in [9.17, 15) is 9.59 Å². The predicted octanol–water partition coefficient (Wildman–Crippen LogP) is 5.52. The molecule has 1 heterocycles. The summed E-state index contributed by atoms with van der Waals surface area (Å²) in [5.74, 6) is 0.786. The van der Waals surface area contributed by atoms with Crippen molar-refractivity contribution in [2.45, 2.75) is 79.1 Å². The third-order valence-corrected chi connectivity index (χ3v) is 6.35. The summed E-state index contributed by atoms with van der Waals surface area (Å²) in [6.45, 7) is 12.5. The van der Waals surface area contributed by atoms with Gasteiger partial charge >= 0.3 is 0 Å². The number of likely N-dealkylation sites (N-methyl/N-ethyl adjacent to an activating group) is 1. The van der Waals surface area contributed by atoms with Crippen LogP contribution in [0, 0.1) is 0 Å². The Morgan fingerprint density at radius 2 is 1.57 bits per heavy atom. The zero-order valence-electron chi connectivity index (χ0n) is 22.2. The lowest BCUT2D eigenvalue weighted by Gasteiger charge is -2.18. The van der Waals surface area contributed by atoms with Crippen LogP contribution in [0.15, 0.2) is 23.1 Å². The highest BCUT2D eigenvalue weighted by Crippen LogP contribution is 2.31. The first-order valence-corrected chi connectivity index (χ1v) is 13.5. The number of aromatic nitrogens is 1. The molecule has 196 valence electrons. The van der Waals surface area contributed by atoms with Crippen LogP contribution in [0.25, 0.3) is 10.9 Å². The number of carbonyl (C=O) groups excluding carboxylic acids is 1. The van der Waals surface area contributed by atoms with Crippen LogP contribution in [0.4, 0.5) is 0 Å². The number of hydrogen-bond acceptors (Lipinski definition) is 5. The number of nitrogens with one attached hydrogen (secondary N) is 2. The second kappa shape index (κ2) is 16.2. The largest absolute Gasteiger partial charge is 0.490 e. The lowest BCUT2D eigenvalue weighted by atomic mass is 10.1. The van der Waals surface area contributed by atoms with Crippen molar-refractivity contribution in [1.29, 1.82) is 0 Å². The summed E-state index contributed by atoms with van der Waals surface area (Å²) in [4.78, 5) is 31.1. The van der Waals surface area contributed by atoms with Gasteiger partial charge in [-0.05, 0) is 32.5 Å². The van der Waals surface area contributed by atoms with E-state index in [-0.39, 0.29) is 16.9 Å². The zero-order chi connectivity index (χ0) is 25.5. The molecule has 1 amide bonds. The highest BCUT2D eigenvalue weighted by Gasteiger charge is 2.16. The number of hydrogen-bond donors (Lipinski definition) is 2. The lowest BCUT2D eigenvalue weighted by molar-refractivity contribution is 0.0947. The van der Waals surface area contributed by atoms with Gasteiger partial charge in [0, 0.05) is 25.4 Å². The summed E-state index contributed by atoms with van der Waals surface area (Å²) < 4.78 is 11.8. The van der Waals surface area contributed by atoms with Gasteiger partial charge in [-0.1, -0.05) is 65.7 Å². The Morgan fingerprint density at radius 1 is 0.914 bits per heavy atom. The van der Waals surface area contributed by atoms with E-state index in [1.165, 1.54) is 44.7 Å². The van der Waals surface area contributed by atoms with Crippen LogP contribution in [0.5, 0.6) is 11.5 Å². The van der Waals surface area contributed by atoms with Crippen LogP contribution in [0.2, 0.25) is 0 Å². The van der Waals surface area contributed by atoms with E-state index in [4.69, 9.17) is 9.47 Å². The molecule has 0 aliphatic heterocycles. The second-order valence-corrected chi connectivity index (χ2v) is 8.92. The lowest BCUT2D eigenvalue weighted by Crippen LogP contribution is -2.36. The molecule has 0 radical (unpaired) electrons. The van der Waals surface area contributed by atoms with Crippen LogP contribution in [-0.2, 0) is 0 Å². The molecule has 0 saturated heterocycles. The number of benzene rings is 1. The number of fused-ring (bicyclic) bond motifs is 1. The number of carbonyl (C=O) groups is 1. The first-order valence-electron chi connectivity index (χ1n) is 13.5. The van der Waals surface area contributed by atoms with E-state index >= 15 is 0 Å². The molecule has 0 spiro atoms. The third-order valence-electron chi connectivity index (χ3n) is 6.35. The Kier molecular flexibility index (Phi) is 13.3. The van der Waals surface area contributed by atoms with Crippen molar-refractivity contribution in [3.8, 4) is 11.5 Å². The van der Waals surface area contributed by atoms with Gasteiger partial charge in [0.05, 0.1) is 24.1 Å². The average Bonchev–Trinajstić information content (AvgIpc) is 2.86. The molecular formula is C28H45N3O4. The van der Waals surface area contributed by atoms with Gasteiger partial charge in [0.15, 0.2) is 11.5 Å². The molecule has 0 saturated carbocycles. The minimum atomic E-state index is -0.365. The number of ether oxygens (including phenoxy) is 2. The van der Waals surface area contributed by atoms with Crippen molar-refractivity contribution >= 4 is 16.8 Å². The molecule has 7 heteroatoms. The number of unbranched alkanes of at least 4 members (excludes halogenated alkanes) is 7. The number of aromatic amines is 1. The predicted molar refractivity (Wildman–Crippen MR) is 144 cm³/mol. The quantitative estimate of drug-likeness (QED) is 0.271. The molecule has 1 aromatic heterocycles. The first-order chi connectivity index (χ1) is 17.0. The molecular weight excluding hydrogens is 442 g/mol. The smallest absolute Gasteiger partial charge is 0.256 e. The van der Waals surface area contributed by atoms with Crippen LogP contribution in [-0.4, -0.2) is 55.2 Å². The van der Waals surface area contributed by atoms with Crippen molar-refractivity contribution in [2.75, 3.05) is 39.4 Å². The second-order valence-electron chi connectivity index (χ2n) is 8.92. The molecule has 7 nitrogen and oxygen atoms in total. The fraction of sp³-hybridized carbons (Fsp3) is 0.643. The number of nitrogens with zero attached hydrogens (tertiary/aromatic N) is 1. The van der Waals surface area contributed by atoms with Gasteiger partial charge in [0.25, 0.3) is 5.91 Å². The number of rotatable bonds is 18. The van der Waals surface area contributed by atoms with E-state index in [2.05, 4.69) is 36.0 Å². The number of H-pyrrole nitrogens is 1. The molecule has 2 N–H and O–H groups in total. The van der Waals surface area contributed by atoms with Gasteiger partial charge in [-0.2, -0.15) is 0 Å². The summed E-state index contributed by atoms with van der Waals surface area (Å²) in [7, 11) is 0. The van der Waals surface area contributed by atoms with E-state index < -0.39 is 0 Å². The average molecular weight is 488 g/mol. The Labute approximate surface area is 210 Å². The van der Waals surface area contributed by atoms with Gasteiger partial charge < -0.3 is 24.7 Å². The van der Waals surface area contributed by atoms with Crippen LogP contribution in [0.3, 0.4) is 0 Å². The molecule has 0 atom stereocenters. The fourth-order valence-electron chi connectivity index (χ4n) is 4.16. The standard InChI is InChI=1S/C28H45N3O4/c1-5-9-10-11-12-13-14-15-18-35-25-19-22-24(20-26(25)34-8-4)30-21-23(27(22)32)28(33)29-16-17-31(6-2)7-3/h19-21H,5-18H2,1-4H3,(H,29,33)(H,30,32). The maximum atomic E-state index is 13.1. The Morgan fingerprint density at radius 3 is 2.23 bits per heavy atom. The summed E-state index contributed by atoms with van der Waals surface area (Å²) >= 11 is 0. The molecule has 0 aliphatic rings. The monoisotopic (exact) mass is 487 g/mol. The first kappa shape index (κ1) is 28.7. The summed E-state index contributed by atoms with van der Waals surface area (Å²) in [6.07, 6.45) is 11.3. The maximum absolute atomic E-state index is 13.1. The molecule has 0 fully saturated rings. The summed E-state index contributed by atoms with van der Waals surface area (Å²) in [5.41, 5.74) is 0.423. The van der Waals surface area contributed by atoms with Crippen LogP contribution < -0.4 is 20.2 Å². The fourth-order valence-corrected chi connectivity index (χ4v) is 4.16. The highest BCUT2D eigenvalue weighted by molar-refractivity contribution is 5.97. The Bertz CT molecular complexity index is 953. The molecule has 1 aromatic carbocycles. The van der Waals surface area contributed by atoms with Crippen LogP contribution >= 0.6 is 0 Å². The normalized spacial score (nSPS) is 11.2. The van der Waals surface area contributed by atoms with Crippen molar-refractivity contribution in [1.82, 2.24) is 15.2 Å². The number of pyridine rings is 1. The Hall–Kier alpha value is -2.54. The molecule has 35 heavy (non-hydrogen) atoms. The van der Waals surface area contributed by atoms with Gasteiger partial charge in [-0.15, -0.1) is 0 Å². The van der Waals surface area contributed by atoms with Gasteiger partial charge in [0.2, 0.25) is 5.43 Å². The van der Waals surface area contributed by atoms with Gasteiger partial charge in [-0.25, -0.2) is 0 Å². The Balaban J connectivity index is 2.04. The molecule has 0 unspecified atom stereocenters. The van der Waals surface area contributed by atoms with Crippen molar-refractivity contribution < 1.29 is 14.3 Å². The van der Waals surface area contributed by atoms with E-state index in [1.807, 2.05) is 6.92 Å².